The number of hydrogen-bond acceptors (Lipinski definition) is 8. The third-order valence-electron chi connectivity index (χ3n) is 6.29. The van der Waals surface area contributed by atoms with E-state index in [1.54, 1.807) is 6.07 Å². The van der Waals surface area contributed by atoms with E-state index in [0.717, 1.165) is 50.9 Å². The summed E-state index contributed by atoms with van der Waals surface area (Å²) >= 11 is 0. The van der Waals surface area contributed by atoms with Crippen LogP contribution in [-0.2, 0) is 14.2 Å². The van der Waals surface area contributed by atoms with Crippen LogP contribution in [0.5, 0.6) is 0 Å². The van der Waals surface area contributed by atoms with Crippen LogP contribution in [0.4, 0.5) is 10.5 Å². The topological polar surface area (TPSA) is 119 Å². The van der Waals surface area contributed by atoms with E-state index in [0.29, 0.717) is 37.3 Å². The molecule has 0 spiro atoms. The van der Waals surface area contributed by atoms with Gasteiger partial charge in [0.1, 0.15) is 11.1 Å². The second-order valence-corrected chi connectivity index (χ2v) is 9.06. The molecule has 1 aromatic carbocycles. The van der Waals surface area contributed by atoms with E-state index in [4.69, 9.17) is 18.6 Å². The van der Waals surface area contributed by atoms with Gasteiger partial charge in [0.25, 0.3) is 5.91 Å². The quantitative estimate of drug-likeness (QED) is 0.212. The number of rotatable bonds is 14. The van der Waals surface area contributed by atoms with Crippen LogP contribution in [0.3, 0.4) is 0 Å². The molecule has 0 radical (unpaired) electrons. The number of amides is 2. The summed E-state index contributed by atoms with van der Waals surface area (Å²) in [5.74, 6) is 5.52. The second-order valence-electron chi connectivity index (χ2n) is 9.06. The highest BCUT2D eigenvalue weighted by atomic mass is 16.6. The molecule has 0 saturated heterocycles. The summed E-state index contributed by atoms with van der Waals surface area (Å²) in [4.78, 5) is 38.9. The molecule has 10 heteroatoms. The van der Waals surface area contributed by atoms with E-state index < -0.39 is 17.6 Å². The summed E-state index contributed by atoms with van der Waals surface area (Å²) in [6.45, 7) is 7.58. The van der Waals surface area contributed by atoms with Gasteiger partial charge in [-0.15, -0.1) is 0 Å². The van der Waals surface area contributed by atoms with E-state index in [1.807, 2.05) is 18.2 Å². The molecule has 1 aliphatic carbocycles. The Morgan fingerprint density at radius 1 is 1.00 bits per heavy atom. The van der Waals surface area contributed by atoms with Crippen LogP contribution >= 0.6 is 0 Å². The Labute approximate surface area is 229 Å². The highest BCUT2D eigenvalue weighted by Crippen LogP contribution is 2.22. The van der Waals surface area contributed by atoms with Crippen LogP contribution in [-0.4, -0.2) is 70.7 Å². The third-order valence-corrected chi connectivity index (χ3v) is 6.29. The van der Waals surface area contributed by atoms with Gasteiger partial charge in [-0.3, -0.25) is 4.79 Å². The minimum absolute atomic E-state index is 0.0472. The summed E-state index contributed by atoms with van der Waals surface area (Å²) < 4.78 is 21.6. The molecule has 3 rings (SSSR count). The maximum absolute atomic E-state index is 12.5. The number of hydrogen-bond donors (Lipinski definition) is 2. The third kappa shape index (κ3) is 9.93. The van der Waals surface area contributed by atoms with Gasteiger partial charge in [0.15, 0.2) is 6.10 Å². The SMILES string of the molecule is CCN(CC)c1ccc2cc(C(=O)NCCOCCOCCNC(=O)OC3C#CCCCCC3)c(=O)oc2c1. The van der Waals surface area contributed by atoms with E-state index >= 15 is 0 Å². The number of alkyl carbamates (subject to hydrolysis) is 1. The smallest absolute Gasteiger partial charge is 0.408 e. The number of fused-ring (bicyclic) bond motifs is 1. The zero-order chi connectivity index (χ0) is 27.9. The molecule has 1 heterocycles. The average molecular weight is 542 g/mol. The molecule has 1 unspecified atom stereocenters. The molecule has 10 nitrogen and oxygen atoms in total. The van der Waals surface area contributed by atoms with Crippen molar-refractivity contribution in [3.63, 3.8) is 0 Å². The Hall–Kier alpha value is -3.55. The molecule has 1 aliphatic rings. The fourth-order valence-corrected chi connectivity index (χ4v) is 4.16. The molecule has 2 aromatic rings. The summed E-state index contributed by atoms with van der Waals surface area (Å²) in [6, 6.07) is 7.16. The van der Waals surface area contributed by atoms with Gasteiger partial charge in [0, 0.05) is 49.7 Å². The maximum atomic E-state index is 12.5. The molecule has 1 aromatic heterocycles. The lowest BCUT2D eigenvalue weighted by Crippen LogP contribution is -2.32. The van der Waals surface area contributed by atoms with Gasteiger partial charge in [-0.1, -0.05) is 18.3 Å². The van der Waals surface area contributed by atoms with Crippen LogP contribution in [0, 0.1) is 11.8 Å². The second kappa shape index (κ2) is 16.4. The number of ether oxygens (including phenoxy) is 3. The predicted molar refractivity (Wildman–Crippen MR) is 149 cm³/mol. The molecule has 0 aliphatic heterocycles. The summed E-state index contributed by atoms with van der Waals surface area (Å²) in [5.41, 5.74) is 0.680. The summed E-state index contributed by atoms with van der Waals surface area (Å²) in [5, 5.41) is 6.01. The molecule has 39 heavy (non-hydrogen) atoms. The lowest BCUT2D eigenvalue weighted by Gasteiger charge is -2.21. The van der Waals surface area contributed by atoms with Crippen molar-refractivity contribution in [1.29, 1.82) is 0 Å². The fraction of sp³-hybridized carbons (Fsp3) is 0.552. The minimum atomic E-state index is -0.680. The van der Waals surface area contributed by atoms with Crippen molar-refractivity contribution >= 4 is 28.7 Å². The lowest BCUT2D eigenvalue weighted by atomic mass is 10.1. The standard InChI is InChI=1S/C29H39N3O7/c1-3-32(4-2)23-13-12-22-20-25(28(34)39-26(22)21-23)27(33)30-14-16-36-18-19-37-17-15-31-29(35)38-24-10-8-6-5-7-9-11-24/h12-13,20-21,24H,3-8,10,14-19H2,1-2H3,(H,30,33)(H,31,35). The number of carbonyl (C=O) groups is 2. The first-order valence-corrected chi connectivity index (χ1v) is 13.7. The van der Waals surface area contributed by atoms with Gasteiger partial charge >= 0.3 is 11.7 Å². The van der Waals surface area contributed by atoms with Crippen molar-refractivity contribution in [2.24, 2.45) is 0 Å². The van der Waals surface area contributed by atoms with Crippen molar-refractivity contribution in [2.45, 2.75) is 52.1 Å². The molecule has 0 fully saturated rings. The maximum Gasteiger partial charge on any atom is 0.408 e. The normalized spacial score (nSPS) is 15.0. The van der Waals surface area contributed by atoms with Gasteiger partial charge in [0.05, 0.1) is 26.4 Å². The molecule has 1 atom stereocenters. The summed E-state index contributed by atoms with van der Waals surface area (Å²) in [6.07, 6.45) is 4.00. The number of anilines is 1. The van der Waals surface area contributed by atoms with Gasteiger partial charge in [-0.05, 0) is 51.3 Å². The van der Waals surface area contributed by atoms with Crippen molar-refractivity contribution in [3.8, 4) is 11.8 Å². The number of carbonyl (C=O) groups excluding carboxylic acids is 2. The molecule has 0 bridgehead atoms. The lowest BCUT2D eigenvalue weighted by molar-refractivity contribution is 0.0481. The van der Waals surface area contributed by atoms with Crippen LogP contribution < -0.4 is 21.2 Å². The number of benzene rings is 1. The van der Waals surface area contributed by atoms with Gasteiger partial charge in [-0.25, -0.2) is 9.59 Å². The Kier molecular flexibility index (Phi) is 12.6. The highest BCUT2D eigenvalue weighted by Gasteiger charge is 2.15. The molecule has 2 N–H and O–H groups in total. The Bertz CT molecular complexity index is 1200. The molecular weight excluding hydrogens is 502 g/mol. The first-order valence-electron chi connectivity index (χ1n) is 13.7. The first kappa shape index (κ1) is 30.0. The van der Waals surface area contributed by atoms with Crippen LogP contribution in [0.15, 0.2) is 33.5 Å². The average Bonchev–Trinajstić information content (AvgIpc) is 2.91. The highest BCUT2D eigenvalue weighted by molar-refractivity contribution is 5.97. The van der Waals surface area contributed by atoms with Crippen molar-refractivity contribution in [2.75, 3.05) is 57.5 Å². The monoisotopic (exact) mass is 541 g/mol. The van der Waals surface area contributed by atoms with E-state index in [1.165, 1.54) is 0 Å². The van der Waals surface area contributed by atoms with Crippen molar-refractivity contribution in [1.82, 2.24) is 10.6 Å². The fourth-order valence-electron chi connectivity index (χ4n) is 4.16. The molecular formula is C29H39N3O7. The Morgan fingerprint density at radius 3 is 2.49 bits per heavy atom. The zero-order valence-corrected chi connectivity index (χ0v) is 22.9. The van der Waals surface area contributed by atoms with Gasteiger partial charge in [0.2, 0.25) is 0 Å². The largest absolute Gasteiger partial charge is 0.433 e. The summed E-state index contributed by atoms with van der Waals surface area (Å²) in [7, 11) is 0. The Morgan fingerprint density at radius 2 is 1.74 bits per heavy atom. The van der Waals surface area contributed by atoms with E-state index in [2.05, 4.69) is 41.2 Å². The van der Waals surface area contributed by atoms with Crippen LogP contribution in [0.1, 0.15) is 56.3 Å². The van der Waals surface area contributed by atoms with Crippen LogP contribution in [0.2, 0.25) is 0 Å². The zero-order valence-electron chi connectivity index (χ0n) is 22.9. The predicted octanol–water partition coefficient (Wildman–Crippen LogP) is 3.46. The van der Waals surface area contributed by atoms with E-state index in [-0.39, 0.29) is 24.8 Å². The molecule has 212 valence electrons. The Balaban J connectivity index is 1.27. The van der Waals surface area contributed by atoms with Gasteiger partial charge < -0.3 is 34.2 Å². The molecule has 2 amide bonds. The minimum Gasteiger partial charge on any atom is -0.433 e. The van der Waals surface area contributed by atoms with Crippen LogP contribution in [0.25, 0.3) is 11.0 Å². The number of nitrogens with zero attached hydrogens (tertiary/aromatic N) is 1. The van der Waals surface area contributed by atoms with Gasteiger partial charge in [-0.2, -0.15) is 0 Å². The molecule has 0 saturated carbocycles. The van der Waals surface area contributed by atoms with Crippen molar-refractivity contribution < 1.29 is 28.2 Å². The van der Waals surface area contributed by atoms with Crippen molar-refractivity contribution in [3.05, 3.63) is 40.2 Å². The number of nitrogens with one attached hydrogen (secondary N) is 2. The van der Waals surface area contributed by atoms with E-state index in [9.17, 15) is 14.4 Å². The first-order chi connectivity index (χ1) is 19.0.